The van der Waals surface area contributed by atoms with Crippen LogP contribution in [0.5, 0.6) is 0 Å². The quantitative estimate of drug-likeness (QED) is 0.837. The lowest BCUT2D eigenvalue weighted by Gasteiger charge is -2.30. The number of thioether (sulfide) groups is 1. The predicted octanol–water partition coefficient (Wildman–Crippen LogP) is 1.72. The number of likely N-dealkylation sites (N-methyl/N-ethyl adjacent to an activating group) is 1. The van der Waals surface area contributed by atoms with E-state index >= 15 is 0 Å². The molecule has 134 valence electrons. The lowest BCUT2D eigenvalue weighted by Crippen LogP contribution is -2.44. The average molecular weight is 382 g/mol. The Morgan fingerprint density at radius 1 is 1.40 bits per heavy atom. The molecule has 4 rings (SSSR count). The smallest absolute Gasteiger partial charge is 0.238 e. The Kier molecular flexibility index (Phi) is 5.63. The fourth-order valence-electron chi connectivity index (χ4n) is 2.97. The minimum Gasteiger partial charge on any atom is -0.339 e. The number of piperazine rings is 1. The summed E-state index contributed by atoms with van der Waals surface area (Å²) in [4.78, 5) is 20.1. The van der Waals surface area contributed by atoms with Crippen molar-refractivity contribution in [2.45, 2.75) is 22.6 Å². The number of carbonyl (C=O) groups excluding carboxylic acids is 1. The van der Waals surface area contributed by atoms with Crippen LogP contribution in [-0.2, 0) is 11.2 Å². The molecule has 0 radical (unpaired) electrons. The van der Waals surface area contributed by atoms with Gasteiger partial charge in [-0.15, -0.1) is 24.2 Å². The van der Waals surface area contributed by atoms with Gasteiger partial charge in [-0.25, -0.2) is 0 Å². The molecule has 2 atom stereocenters. The zero-order valence-electron chi connectivity index (χ0n) is 13.8. The van der Waals surface area contributed by atoms with Gasteiger partial charge in [0.15, 0.2) is 5.82 Å². The lowest BCUT2D eigenvalue weighted by atomic mass is 10.2. The van der Waals surface area contributed by atoms with Gasteiger partial charge in [-0.05, 0) is 19.2 Å². The van der Waals surface area contributed by atoms with E-state index in [1.165, 1.54) is 0 Å². The Bertz CT molecular complexity index is 756. The molecule has 2 aromatic rings. The molecule has 7 nitrogen and oxygen atoms in total. The first-order chi connectivity index (χ1) is 11.7. The molecule has 2 N–H and O–H groups in total. The Balaban J connectivity index is 0.00000182. The monoisotopic (exact) mass is 381 g/mol. The number of hydrogen-bond donors (Lipinski definition) is 2. The third-order valence-electron chi connectivity index (χ3n) is 4.36. The number of hydrogen-bond acceptors (Lipinski definition) is 7. The summed E-state index contributed by atoms with van der Waals surface area (Å²) in [5.41, 5.74) is 0.866. The van der Waals surface area contributed by atoms with Gasteiger partial charge in [0.1, 0.15) is 0 Å². The van der Waals surface area contributed by atoms with Gasteiger partial charge in [0.25, 0.3) is 0 Å². The third-order valence-corrected chi connectivity index (χ3v) is 5.63. The van der Waals surface area contributed by atoms with Crippen LogP contribution in [0, 0.1) is 0 Å². The van der Waals surface area contributed by atoms with Crippen LogP contribution < -0.4 is 10.6 Å². The SMILES string of the molecule is CN1CCNCC1c1noc(CC2Sc3ccccc3NC2=O)n1.Cl. The van der Waals surface area contributed by atoms with Gasteiger partial charge in [0.2, 0.25) is 11.8 Å². The summed E-state index contributed by atoms with van der Waals surface area (Å²) in [6, 6.07) is 7.92. The number of benzene rings is 1. The van der Waals surface area contributed by atoms with Gasteiger partial charge in [-0.3, -0.25) is 9.69 Å². The minimum absolute atomic E-state index is 0. The number of carbonyl (C=O) groups is 1. The zero-order chi connectivity index (χ0) is 16.5. The van der Waals surface area contributed by atoms with Crippen molar-refractivity contribution in [1.82, 2.24) is 20.4 Å². The first-order valence-corrected chi connectivity index (χ1v) is 8.88. The van der Waals surface area contributed by atoms with Crippen molar-refractivity contribution in [2.24, 2.45) is 0 Å². The van der Waals surface area contributed by atoms with E-state index in [2.05, 4.69) is 32.7 Å². The van der Waals surface area contributed by atoms with E-state index in [0.717, 1.165) is 30.2 Å². The molecule has 3 heterocycles. The van der Waals surface area contributed by atoms with E-state index in [9.17, 15) is 4.79 Å². The molecule has 9 heteroatoms. The van der Waals surface area contributed by atoms with Crippen LogP contribution in [0.15, 0.2) is 33.7 Å². The second-order valence-corrected chi connectivity index (χ2v) is 7.29. The zero-order valence-corrected chi connectivity index (χ0v) is 15.4. The van der Waals surface area contributed by atoms with Crippen LogP contribution in [0.4, 0.5) is 5.69 Å². The second-order valence-electron chi connectivity index (χ2n) is 6.04. The molecule has 1 aromatic heterocycles. The maximum Gasteiger partial charge on any atom is 0.238 e. The number of nitrogens with one attached hydrogen (secondary N) is 2. The van der Waals surface area contributed by atoms with Gasteiger partial charge in [0, 0.05) is 31.0 Å². The van der Waals surface area contributed by atoms with Crippen LogP contribution in [0.2, 0.25) is 0 Å². The summed E-state index contributed by atoms with van der Waals surface area (Å²) in [6.07, 6.45) is 0.432. The van der Waals surface area contributed by atoms with Crippen LogP contribution in [0.3, 0.4) is 0 Å². The highest BCUT2D eigenvalue weighted by atomic mass is 35.5. The summed E-state index contributed by atoms with van der Waals surface area (Å²) < 4.78 is 5.40. The normalized spacial score (nSPS) is 23.5. The molecule has 1 aromatic carbocycles. The summed E-state index contributed by atoms with van der Waals surface area (Å²) in [7, 11) is 2.06. The lowest BCUT2D eigenvalue weighted by molar-refractivity contribution is -0.115. The third kappa shape index (κ3) is 3.82. The van der Waals surface area contributed by atoms with Crippen molar-refractivity contribution in [3.05, 3.63) is 36.0 Å². The van der Waals surface area contributed by atoms with Gasteiger partial charge in [-0.2, -0.15) is 4.98 Å². The van der Waals surface area contributed by atoms with Gasteiger partial charge >= 0.3 is 0 Å². The molecular weight excluding hydrogens is 362 g/mol. The van der Waals surface area contributed by atoms with Crippen molar-refractivity contribution in [3.63, 3.8) is 0 Å². The highest BCUT2D eigenvalue weighted by Gasteiger charge is 2.30. The van der Waals surface area contributed by atoms with E-state index in [1.807, 2.05) is 24.3 Å². The van der Waals surface area contributed by atoms with Gasteiger partial charge in [0.05, 0.1) is 17.0 Å². The molecule has 0 bridgehead atoms. The average Bonchev–Trinajstić information content (AvgIpc) is 3.04. The highest BCUT2D eigenvalue weighted by Crippen LogP contribution is 2.36. The van der Waals surface area contributed by atoms with Crippen molar-refractivity contribution < 1.29 is 9.32 Å². The number of halogens is 1. The first kappa shape index (κ1) is 18.2. The minimum atomic E-state index is -0.254. The largest absolute Gasteiger partial charge is 0.339 e. The molecule has 1 fully saturated rings. The van der Waals surface area contributed by atoms with Crippen molar-refractivity contribution in [2.75, 3.05) is 32.0 Å². The van der Waals surface area contributed by atoms with E-state index in [1.54, 1.807) is 11.8 Å². The van der Waals surface area contributed by atoms with Gasteiger partial charge < -0.3 is 15.2 Å². The van der Waals surface area contributed by atoms with E-state index in [4.69, 9.17) is 4.52 Å². The standard InChI is InChI=1S/C16H19N5O2S.ClH/c1-21-7-6-17-9-11(21)15-19-14(23-20-15)8-13-16(22)18-10-4-2-3-5-12(10)24-13;/h2-5,11,13,17H,6-9H2,1H3,(H,18,22);1H. The molecule has 2 aliphatic heterocycles. The molecule has 0 spiro atoms. The van der Waals surface area contributed by atoms with Crippen molar-refractivity contribution in [3.8, 4) is 0 Å². The Labute approximate surface area is 156 Å². The van der Waals surface area contributed by atoms with E-state index < -0.39 is 0 Å². The summed E-state index contributed by atoms with van der Waals surface area (Å²) in [5.74, 6) is 1.17. The first-order valence-electron chi connectivity index (χ1n) is 8.00. The van der Waals surface area contributed by atoms with E-state index in [0.29, 0.717) is 18.1 Å². The molecule has 25 heavy (non-hydrogen) atoms. The van der Waals surface area contributed by atoms with Gasteiger partial charge in [-0.1, -0.05) is 17.3 Å². The summed E-state index contributed by atoms with van der Waals surface area (Å²) in [5, 5.41) is 10.1. The number of aromatic nitrogens is 2. The number of rotatable bonds is 3. The number of para-hydroxylation sites is 1. The molecule has 1 saturated heterocycles. The van der Waals surface area contributed by atoms with Crippen LogP contribution >= 0.6 is 24.2 Å². The Hall–Kier alpha value is -1.61. The Morgan fingerprint density at radius 3 is 3.08 bits per heavy atom. The van der Waals surface area contributed by atoms with Crippen molar-refractivity contribution >= 4 is 35.8 Å². The summed E-state index contributed by atoms with van der Waals surface area (Å²) >= 11 is 1.54. The number of amides is 1. The number of fused-ring (bicyclic) bond motifs is 1. The van der Waals surface area contributed by atoms with Crippen LogP contribution in [-0.4, -0.2) is 52.9 Å². The second kappa shape index (κ2) is 7.74. The molecule has 2 aliphatic rings. The van der Waals surface area contributed by atoms with Crippen molar-refractivity contribution in [1.29, 1.82) is 0 Å². The van der Waals surface area contributed by atoms with Crippen LogP contribution in [0.1, 0.15) is 17.8 Å². The molecule has 1 amide bonds. The topological polar surface area (TPSA) is 83.3 Å². The fraction of sp³-hybridized carbons (Fsp3) is 0.438. The maximum atomic E-state index is 12.3. The molecule has 0 saturated carbocycles. The number of nitrogens with zero attached hydrogens (tertiary/aromatic N) is 3. The van der Waals surface area contributed by atoms with E-state index in [-0.39, 0.29) is 29.6 Å². The maximum absolute atomic E-state index is 12.3. The van der Waals surface area contributed by atoms with Crippen LogP contribution in [0.25, 0.3) is 0 Å². The molecular formula is C16H20ClN5O2S. The fourth-order valence-corrected chi connectivity index (χ4v) is 4.07. The highest BCUT2D eigenvalue weighted by molar-refractivity contribution is 8.01. The molecule has 0 aliphatic carbocycles. The predicted molar refractivity (Wildman–Crippen MR) is 98.2 cm³/mol. The summed E-state index contributed by atoms with van der Waals surface area (Å²) in [6.45, 7) is 2.73. The number of anilines is 1. The molecule has 2 unspecified atom stereocenters. The Morgan fingerprint density at radius 2 is 2.24 bits per heavy atom.